The molecular formula is C15H15Br2FN2. The lowest BCUT2D eigenvalue weighted by Gasteiger charge is -2.21. The Labute approximate surface area is 135 Å². The molecule has 0 aliphatic rings. The van der Waals surface area contributed by atoms with Gasteiger partial charge in [-0.05, 0) is 45.3 Å². The summed E-state index contributed by atoms with van der Waals surface area (Å²) in [6, 6.07) is 11.6. The van der Waals surface area contributed by atoms with Crippen molar-refractivity contribution in [2.75, 3.05) is 11.9 Å². The SMILES string of the molecule is CN(Cc1ccc(Br)cc1)c1ccc(CN)c(Br)c1F. The van der Waals surface area contributed by atoms with E-state index < -0.39 is 0 Å². The monoisotopic (exact) mass is 400 g/mol. The first-order chi connectivity index (χ1) is 9.52. The van der Waals surface area contributed by atoms with Crippen molar-refractivity contribution >= 4 is 37.5 Å². The third-order valence-corrected chi connectivity index (χ3v) is 4.49. The van der Waals surface area contributed by atoms with E-state index in [9.17, 15) is 4.39 Å². The minimum Gasteiger partial charge on any atom is -0.368 e. The zero-order chi connectivity index (χ0) is 14.7. The maximum Gasteiger partial charge on any atom is 0.160 e. The van der Waals surface area contributed by atoms with Crippen molar-refractivity contribution < 1.29 is 4.39 Å². The van der Waals surface area contributed by atoms with Crippen LogP contribution in [0.1, 0.15) is 11.1 Å². The third kappa shape index (κ3) is 3.40. The van der Waals surface area contributed by atoms with Gasteiger partial charge in [-0.3, -0.25) is 0 Å². The van der Waals surface area contributed by atoms with Gasteiger partial charge in [0.1, 0.15) is 0 Å². The lowest BCUT2D eigenvalue weighted by atomic mass is 10.1. The summed E-state index contributed by atoms with van der Waals surface area (Å²) in [6.45, 7) is 0.951. The standard InChI is InChI=1S/C15H15Br2FN2/c1-20(9-10-2-5-12(16)6-3-10)13-7-4-11(8-19)14(17)15(13)18/h2-7H,8-9,19H2,1H3. The number of hydrogen-bond acceptors (Lipinski definition) is 2. The van der Waals surface area contributed by atoms with Crippen LogP contribution in [-0.4, -0.2) is 7.05 Å². The van der Waals surface area contributed by atoms with Crippen LogP contribution in [0.5, 0.6) is 0 Å². The number of halogens is 3. The highest BCUT2D eigenvalue weighted by atomic mass is 79.9. The third-order valence-electron chi connectivity index (χ3n) is 3.11. The first kappa shape index (κ1) is 15.5. The smallest absolute Gasteiger partial charge is 0.160 e. The van der Waals surface area contributed by atoms with Crippen LogP contribution < -0.4 is 10.6 Å². The van der Waals surface area contributed by atoms with E-state index in [1.54, 1.807) is 6.07 Å². The summed E-state index contributed by atoms with van der Waals surface area (Å²) in [7, 11) is 1.87. The minimum absolute atomic E-state index is 0.271. The van der Waals surface area contributed by atoms with E-state index in [4.69, 9.17) is 5.73 Å². The molecule has 0 radical (unpaired) electrons. The molecule has 0 saturated carbocycles. The second-order valence-electron chi connectivity index (χ2n) is 4.56. The van der Waals surface area contributed by atoms with E-state index in [0.717, 1.165) is 15.6 Å². The number of hydrogen-bond donors (Lipinski definition) is 1. The summed E-state index contributed by atoms with van der Waals surface area (Å²) in [4.78, 5) is 1.88. The van der Waals surface area contributed by atoms with Crippen molar-refractivity contribution in [1.82, 2.24) is 0 Å². The van der Waals surface area contributed by atoms with Crippen molar-refractivity contribution in [2.45, 2.75) is 13.1 Å². The molecule has 0 spiro atoms. The van der Waals surface area contributed by atoms with Crippen LogP contribution in [0.2, 0.25) is 0 Å². The molecule has 2 rings (SSSR count). The molecular weight excluding hydrogens is 387 g/mol. The Morgan fingerprint density at radius 1 is 1.10 bits per heavy atom. The highest BCUT2D eigenvalue weighted by molar-refractivity contribution is 9.10. The van der Waals surface area contributed by atoms with Crippen molar-refractivity contribution in [3.05, 3.63) is 62.3 Å². The average Bonchev–Trinajstić information content (AvgIpc) is 2.44. The minimum atomic E-state index is -0.271. The first-order valence-corrected chi connectivity index (χ1v) is 7.74. The van der Waals surface area contributed by atoms with Gasteiger partial charge in [-0.1, -0.05) is 34.1 Å². The zero-order valence-corrected chi connectivity index (χ0v) is 14.2. The highest BCUT2D eigenvalue weighted by Crippen LogP contribution is 2.29. The van der Waals surface area contributed by atoms with Crippen LogP contribution in [0.4, 0.5) is 10.1 Å². The number of nitrogens with zero attached hydrogens (tertiary/aromatic N) is 1. The van der Waals surface area contributed by atoms with E-state index >= 15 is 0 Å². The van der Waals surface area contributed by atoms with Crippen LogP contribution in [0.15, 0.2) is 45.3 Å². The number of anilines is 1. The van der Waals surface area contributed by atoms with E-state index in [1.165, 1.54) is 0 Å². The van der Waals surface area contributed by atoms with E-state index in [-0.39, 0.29) is 5.82 Å². The largest absolute Gasteiger partial charge is 0.368 e. The summed E-state index contributed by atoms with van der Waals surface area (Å²) < 4.78 is 15.8. The molecule has 20 heavy (non-hydrogen) atoms. The second kappa shape index (κ2) is 6.70. The van der Waals surface area contributed by atoms with Gasteiger partial charge < -0.3 is 10.6 Å². The van der Waals surface area contributed by atoms with Gasteiger partial charge in [0.15, 0.2) is 5.82 Å². The van der Waals surface area contributed by atoms with Crippen molar-refractivity contribution in [2.24, 2.45) is 5.73 Å². The van der Waals surface area contributed by atoms with Crippen molar-refractivity contribution in [3.63, 3.8) is 0 Å². The van der Waals surface area contributed by atoms with Crippen LogP contribution in [0.25, 0.3) is 0 Å². The molecule has 0 amide bonds. The van der Waals surface area contributed by atoms with Gasteiger partial charge in [0.25, 0.3) is 0 Å². The van der Waals surface area contributed by atoms with Crippen LogP contribution >= 0.6 is 31.9 Å². The van der Waals surface area contributed by atoms with Crippen LogP contribution in [-0.2, 0) is 13.1 Å². The molecule has 2 aromatic rings. The Kier molecular flexibility index (Phi) is 5.18. The van der Waals surface area contributed by atoms with Crippen molar-refractivity contribution in [3.8, 4) is 0 Å². The van der Waals surface area contributed by atoms with Gasteiger partial charge in [0, 0.05) is 24.6 Å². The summed E-state index contributed by atoms with van der Waals surface area (Å²) in [5.74, 6) is -0.271. The van der Waals surface area contributed by atoms with Crippen LogP contribution in [0, 0.1) is 5.82 Å². The molecule has 0 aromatic heterocycles. The topological polar surface area (TPSA) is 29.3 Å². The Bertz CT molecular complexity index is 600. The number of rotatable bonds is 4. The molecule has 2 nitrogen and oxygen atoms in total. The first-order valence-electron chi connectivity index (χ1n) is 6.15. The quantitative estimate of drug-likeness (QED) is 0.820. The maximum absolute atomic E-state index is 14.3. The lowest BCUT2D eigenvalue weighted by Crippen LogP contribution is -2.18. The summed E-state index contributed by atoms with van der Waals surface area (Å²) >= 11 is 6.67. The highest BCUT2D eigenvalue weighted by Gasteiger charge is 2.13. The molecule has 0 atom stereocenters. The molecule has 0 saturated heterocycles. The second-order valence-corrected chi connectivity index (χ2v) is 6.27. The van der Waals surface area contributed by atoms with Gasteiger partial charge in [-0.15, -0.1) is 0 Å². The van der Waals surface area contributed by atoms with Gasteiger partial charge >= 0.3 is 0 Å². The number of benzene rings is 2. The summed E-state index contributed by atoms with van der Waals surface area (Å²) in [5.41, 5.74) is 8.01. The lowest BCUT2D eigenvalue weighted by molar-refractivity contribution is 0.613. The fourth-order valence-corrected chi connectivity index (χ4v) is 2.74. The summed E-state index contributed by atoms with van der Waals surface area (Å²) in [5, 5.41) is 0. The zero-order valence-electron chi connectivity index (χ0n) is 11.0. The molecule has 0 aliphatic carbocycles. The van der Waals surface area contributed by atoms with E-state index in [1.807, 2.05) is 42.3 Å². The molecule has 0 unspecified atom stereocenters. The molecule has 0 fully saturated rings. The predicted molar refractivity (Wildman–Crippen MR) is 88.2 cm³/mol. The maximum atomic E-state index is 14.3. The van der Waals surface area contributed by atoms with Gasteiger partial charge in [-0.25, -0.2) is 4.39 Å². The molecule has 0 aliphatic heterocycles. The fourth-order valence-electron chi connectivity index (χ4n) is 1.98. The molecule has 5 heteroatoms. The molecule has 2 N–H and O–H groups in total. The Hall–Kier alpha value is -0.910. The van der Waals surface area contributed by atoms with Gasteiger partial charge in [-0.2, -0.15) is 0 Å². The Morgan fingerprint density at radius 3 is 2.35 bits per heavy atom. The molecule has 2 aromatic carbocycles. The average molecular weight is 402 g/mol. The van der Waals surface area contributed by atoms with E-state index in [2.05, 4.69) is 31.9 Å². The predicted octanol–water partition coefficient (Wildman–Crippen LogP) is 4.45. The molecule has 0 bridgehead atoms. The normalized spacial score (nSPS) is 10.7. The fraction of sp³-hybridized carbons (Fsp3) is 0.200. The van der Waals surface area contributed by atoms with Gasteiger partial charge in [0.05, 0.1) is 10.2 Å². The Morgan fingerprint density at radius 2 is 1.75 bits per heavy atom. The molecule has 0 heterocycles. The van der Waals surface area contributed by atoms with Crippen molar-refractivity contribution in [1.29, 1.82) is 0 Å². The number of nitrogens with two attached hydrogens (primary N) is 1. The van der Waals surface area contributed by atoms with Gasteiger partial charge in [0.2, 0.25) is 0 Å². The molecule has 106 valence electrons. The summed E-state index contributed by atoms with van der Waals surface area (Å²) in [6.07, 6.45) is 0. The Balaban J connectivity index is 2.23. The van der Waals surface area contributed by atoms with E-state index in [0.29, 0.717) is 23.2 Å². The van der Waals surface area contributed by atoms with Crippen LogP contribution in [0.3, 0.4) is 0 Å².